The van der Waals surface area contributed by atoms with Gasteiger partial charge in [0.1, 0.15) is 5.69 Å². The summed E-state index contributed by atoms with van der Waals surface area (Å²) in [7, 11) is 3.30. The molecular weight excluding hydrogens is 484 g/mol. The first-order valence-electron chi connectivity index (χ1n) is 10.1. The molecule has 2 amide bonds. The summed E-state index contributed by atoms with van der Waals surface area (Å²) in [6.45, 7) is 3.21. The smallest absolute Gasteiger partial charge is 0.275 e. The summed E-state index contributed by atoms with van der Waals surface area (Å²) in [6.07, 6.45) is 2.24. The van der Waals surface area contributed by atoms with Gasteiger partial charge in [-0.25, -0.2) is 4.98 Å². The van der Waals surface area contributed by atoms with Gasteiger partial charge in [0.05, 0.1) is 24.5 Å². The third-order valence-electron chi connectivity index (χ3n) is 5.12. The van der Waals surface area contributed by atoms with Crippen LogP contribution in [0.1, 0.15) is 39.3 Å². The minimum absolute atomic E-state index is 0.261. The number of aromatic nitrogens is 1. The van der Waals surface area contributed by atoms with Crippen molar-refractivity contribution in [3.8, 4) is 0 Å². The molecule has 2 heterocycles. The van der Waals surface area contributed by atoms with Crippen LogP contribution in [0.15, 0.2) is 27.5 Å². The number of amides is 2. The van der Waals surface area contributed by atoms with Crippen LogP contribution < -0.4 is 10.6 Å². The van der Waals surface area contributed by atoms with Crippen LogP contribution in [0.5, 0.6) is 0 Å². The van der Waals surface area contributed by atoms with E-state index in [9.17, 15) is 9.59 Å². The largest absolute Gasteiger partial charge is 0.383 e. The summed E-state index contributed by atoms with van der Waals surface area (Å²) in [5.41, 5.74) is 2.17. The molecule has 0 bridgehead atoms. The lowest BCUT2D eigenvalue weighted by Crippen LogP contribution is -2.32. The molecule has 1 aromatic heterocycles. The first-order valence-corrected chi connectivity index (χ1v) is 11.7. The van der Waals surface area contributed by atoms with E-state index >= 15 is 0 Å². The van der Waals surface area contributed by atoms with E-state index in [-0.39, 0.29) is 11.8 Å². The number of benzene rings is 1. The number of anilines is 1. The topological polar surface area (TPSA) is 92.8 Å². The van der Waals surface area contributed by atoms with Crippen LogP contribution >= 0.6 is 27.3 Å². The number of halogens is 1. The maximum absolute atomic E-state index is 12.8. The second kappa shape index (κ2) is 11.7. The van der Waals surface area contributed by atoms with Gasteiger partial charge in [0, 0.05) is 38.7 Å². The highest BCUT2D eigenvalue weighted by Crippen LogP contribution is 2.24. The van der Waals surface area contributed by atoms with Gasteiger partial charge >= 0.3 is 0 Å². The van der Waals surface area contributed by atoms with Crippen molar-refractivity contribution in [3.63, 3.8) is 0 Å². The standard InChI is InChI=1S/C21H27BrN4O4S/c1-29-9-7-23-19(27)16-10-14(11-26-8-3-4-15(26)12-30-2)5-6-17(16)24-20(28)18-13-31-21(22)25-18/h5-6,10,13,15H,3-4,7-9,11-12H2,1-2H3,(H,23,27)(H,24,28)/t15-/m1/s1. The second-order valence-electron chi connectivity index (χ2n) is 7.29. The fourth-order valence-corrected chi connectivity index (χ4v) is 4.60. The molecule has 2 N–H and O–H groups in total. The molecule has 1 aromatic carbocycles. The van der Waals surface area contributed by atoms with Crippen molar-refractivity contribution in [2.45, 2.75) is 25.4 Å². The molecule has 1 fully saturated rings. The molecule has 0 saturated carbocycles. The van der Waals surface area contributed by atoms with E-state index in [0.29, 0.717) is 46.7 Å². The average Bonchev–Trinajstić information content (AvgIpc) is 3.38. The van der Waals surface area contributed by atoms with E-state index in [1.165, 1.54) is 11.3 Å². The number of carbonyl (C=O) groups excluding carboxylic acids is 2. The lowest BCUT2D eigenvalue weighted by Gasteiger charge is -2.24. The highest BCUT2D eigenvalue weighted by molar-refractivity contribution is 9.11. The molecule has 168 valence electrons. The quantitative estimate of drug-likeness (QED) is 0.477. The summed E-state index contributed by atoms with van der Waals surface area (Å²) in [5, 5.41) is 7.32. The highest BCUT2D eigenvalue weighted by atomic mass is 79.9. The maximum atomic E-state index is 12.8. The Morgan fingerprint density at radius 1 is 1.29 bits per heavy atom. The van der Waals surface area contributed by atoms with Gasteiger partial charge in [-0.05, 0) is 53.0 Å². The Hall–Kier alpha value is -1.85. The van der Waals surface area contributed by atoms with Crippen molar-refractivity contribution >= 4 is 44.8 Å². The molecule has 3 rings (SSSR count). The number of likely N-dealkylation sites (tertiary alicyclic amines) is 1. The van der Waals surface area contributed by atoms with Gasteiger partial charge in [0.15, 0.2) is 3.92 Å². The third kappa shape index (κ3) is 6.56. The number of hydrogen-bond acceptors (Lipinski definition) is 7. The summed E-state index contributed by atoms with van der Waals surface area (Å²) in [4.78, 5) is 31.9. The summed E-state index contributed by atoms with van der Waals surface area (Å²) in [5.74, 6) is -0.621. The van der Waals surface area contributed by atoms with E-state index in [0.717, 1.165) is 31.5 Å². The van der Waals surface area contributed by atoms with Gasteiger partial charge in [0.2, 0.25) is 0 Å². The van der Waals surface area contributed by atoms with Gasteiger partial charge in [-0.2, -0.15) is 0 Å². The number of carbonyl (C=O) groups is 2. The zero-order valence-corrected chi connectivity index (χ0v) is 20.1. The highest BCUT2D eigenvalue weighted by Gasteiger charge is 2.25. The molecule has 2 aromatic rings. The Morgan fingerprint density at radius 2 is 2.13 bits per heavy atom. The fraction of sp³-hybridized carbons (Fsp3) is 0.476. The average molecular weight is 511 g/mol. The molecule has 1 saturated heterocycles. The Bertz CT molecular complexity index is 907. The molecule has 0 radical (unpaired) electrons. The van der Waals surface area contributed by atoms with Crippen LogP contribution in [-0.4, -0.2) is 68.3 Å². The van der Waals surface area contributed by atoms with Gasteiger partial charge in [-0.3, -0.25) is 14.5 Å². The Kier molecular flexibility index (Phi) is 8.97. The van der Waals surface area contributed by atoms with Crippen LogP contribution in [0.25, 0.3) is 0 Å². The van der Waals surface area contributed by atoms with Crippen LogP contribution in [-0.2, 0) is 16.0 Å². The maximum Gasteiger partial charge on any atom is 0.275 e. The van der Waals surface area contributed by atoms with E-state index in [1.54, 1.807) is 25.7 Å². The van der Waals surface area contributed by atoms with Gasteiger partial charge in [0.25, 0.3) is 11.8 Å². The molecule has 0 aliphatic carbocycles. The summed E-state index contributed by atoms with van der Waals surface area (Å²) in [6, 6.07) is 5.95. The Balaban J connectivity index is 1.80. The van der Waals surface area contributed by atoms with E-state index in [1.807, 2.05) is 12.1 Å². The molecule has 1 aliphatic rings. The predicted molar refractivity (Wildman–Crippen MR) is 124 cm³/mol. The molecular formula is C21H27BrN4O4S. The van der Waals surface area contributed by atoms with Crippen molar-refractivity contribution in [2.75, 3.05) is 45.8 Å². The molecule has 0 unspecified atom stereocenters. The van der Waals surface area contributed by atoms with Gasteiger partial charge < -0.3 is 20.1 Å². The minimum Gasteiger partial charge on any atom is -0.383 e. The summed E-state index contributed by atoms with van der Waals surface area (Å²) >= 11 is 4.59. The van der Waals surface area contributed by atoms with E-state index < -0.39 is 0 Å². The zero-order valence-electron chi connectivity index (χ0n) is 17.7. The van der Waals surface area contributed by atoms with Crippen LogP contribution in [0.3, 0.4) is 0 Å². The SMILES string of the molecule is COCCNC(=O)c1cc(CN2CCC[C@@H]2COC)ccc1NC(=O)c1csc(Br)n1. The molecule has 1 aliphatic heterocycles. The monoisotopic (exact) mass is 510 g/mol. The summed E-state index contributed by atoms with van der Waals surface area (Å²) < 4.78 is 11.0. The first-order chi connectivity index (χ1) is 15.0. The van der Waals surface area contributed by atoms with Crippen LogP contribution in [0, 0.1) is 0 Å². The lowest BCUT2D eigenvalue weighted by molar-refractivity contribution is 0.0937. The van der Waals surface area contributed by atoms with Crippen molar-refractivity contribution in [3.05, 3.63) is 44.3 Å². The molecule has 1 atom stereocenters. The van der Waals surface area contributed by atoms with Crippen LogP contribution in [0.4, 0.5) is 5.69 Å². The number of nitrogens with one attached hydrogen (secondary N) is 2. The second-order valence-corrected chi connectivity index (χ2v) is 9.42. The minimum atomic E-state index is -0.361. The molecule has 10 heteroatoms. The van der Waals surface area contributed by atoms with Crippen molar-refractivity contribution in [1.82, 2.24) is 15.2 Å². The van der Waals surface area contributed by atoms with Gasteiger partial charge in [-0.15, -0.1) is 11.3 Å². The van der Waals surface area contributed by atoms with Crippen molar-refractivity contribution < 1.29 is 19.1 Å². The third-order valence-corrected chi connectivity index (χ3v) is 6.49. The normalized spacial score (nSPS) is 16.4. The van der Waals surface area contributed by atoms with E-state index in [2.05, 4.69) is 36.4 Å². The molecule has 0 spiro atoms. The number of methoxy groups -OCH3 is 2. The Morgan fingerprint density at radius 3 is 2.84 bits per heavy atom. The van der Waals surface area contributed by atoms with E-state index in [4.69, 9.17) is 9.47 Å². The fourth-order valence-electron chi connectivity index (χ4n) is 3.61. The first kappa shape index (κ1) is 23.8. The predicted octanol–water partition coefficient (Wildman–Crippen LogP) is 3.14. The van der Waals surface area contributed by atoms with Crippen molar-refractivity contribution in [2.24, 2.45) is 0 Å². The molecule has 31 heavy (non-hydrogen) atoms. The number of ether oxygens (including phenoxy) is 2. The van der Waals surface area contributed by atoms with Gasteiger partial charge in [-0.1, -0.05) is 6.07 Å². The number of thiazole rings is 1. The Labute approximate surface area is 194 Å². The lowest BCUT2D eigenvalue weighted by atomic mass is 10.1. The van der Waals surface area contributed by atoms with Crippen molar-refractivity contribution in [1.29, 1.82) is 0 Å². The molecule has 8 nitrogen and oxygen atoms in total. The number of rotatable bonds is 10. The number of nitrogens with zero attached hydrogens (tertiary/aromatic N) is 2. The van der Waals surface area contributed by atoms with Crippen LogP contribution in [0.2, 0.25) is 0 Å². The zero-order chi connectivity index (χ0) is 22.2. The number of hydrogen-bond donors (Lipinski definition) is 2.